The predicted octanol–water partition coefficient (Wildman–Crippen LogP) is 0.341. The zero-order valence-electron chi connectivity index (χ0n) is 9.82. The van der Waals surface area contributed by atoms with Crippen LogP contribution < -0.4 is 11.1 Å². The summed E-state index contributed by atoms with van der Waals surface area (Å²) in [6.07, 6.45) is 2.25. The summed E-state index contributed by atoms with van der Waals surface area (Å²) in [5.74, 6) is -1.26. The molecule has 1 fully saturated rings. The Morgan fingerprint density at radius 1 is 1.50 bits per heavy atom. The average Bonchev–Trinajstić information content (AvgIpc) is 3.04. The van der Waals surface area contributed by atoms with Crippen molar-refractivity contribution in [1.29, 1.82) is 0 Å². The van der Waals surface area contributed by atoms with Gasteiger partial charge in [0.05, 0.1) is 5.41 Å². The summed E-state index contributed by atoms with van der Waals surface area (Å²) in [5.41, 5.74) is 5.04. The van der Waals surface area contributed by atoms with Crippen LogP contribution in [0.15, 0.2) is 0 Å². The molecule has 16 heavy (non-hydrogen) atoms. The van der Waals surface area contributed by atoms with Crippen molar-refractivity contribution in [2.75, 3.05) is 6.54 Å². The molecule has 0 aromatic rings. The Hall–Kier alpha value is -1.10. The van der Waals surface area contributed by atoms with Crippen LogP contribution in [0, 0.1) is 11.3 Å². The standard InChI is InChI=1S/C11H20N2O3/c1-3-7(2)8(9(14)15)13-10(16)11(6-12)4-5-11/h7-8H,3-6,12H2,1-2H3,(H,13,16)(H,14,15)/t7?,8-/m0/s1. The van der Waals surface area contributed by atoms with Crippen LogP contribution >= 0.6 is 0 Å². The lowest BCUT2D eigenvalue weighted by molar-refractivity contribution is -0.144. The maximum absolute atomic E-state index is 11.8. The Kier molecular flexibility index (Phi) is 3.91. The smallest absolute Gasteiger partial charge is 0.326 e. The maximum atomic E-state index is 11.8. The number of hydrogen-bond acceptors (Lipinski definition) is 3. The molecule has 0 aromatic heterocycles. The second kappa shape index (κ2) is 4.82. The molecule has 5 nitrogen and oxygen atoms in total. The minimum absolute atomic E-state index is 0.0741. The summed E-state index contributed by atoms with van der Waals surface area (Å²) in [4.78, 5) is 22.9. The van der Waals surface area contributed by atoms with Gasteiger partial charge in [0.1, 0.15) is 6.04 Å². The van der Waals surface area contributed by atoms with Crippen molar-refractivity contribution in [3.8, 4) is 0 Å². The molecular weight excluding hydrogens is 208 g/mol. The zero-order chi connectivity index (χ0) is 12.3. The quantitative estimate of drug-likeness (QED) is 0.611. The number of carboxylic acids is 1. The molecule has 5 heteroatoms. The third-order valence-electron chi connectivity index (χ3n) is 3.49. The summed E-state index contributed by atoms with van der Waals surface area (Å²) in [7, 11) is 0. The van der Waals surface area contributed by atoms with Gasteiger partial charge >= 0.3 is 5.97 Å². The molecule has 0 saturated heterocycles. The highest BCUT2D eigenvalue weighted by Crippen LogP contribution is 2.44. The molecule has 0 bridgehead atoms. The Labute approximate surface area is 95.4 Å². The van der Waals surface area contributed by atoms with Crippen molar-refractivity contribution in [2.24, 2.45) is 17.1 Å². The first-order valence-corrected chi connectivity index (χ1v) is 5.70. The Morgan fingerprint density at radius 2 is 2.06 bits per heavy atom. The zero-order valence-corrected chi connectivity index (χ0v) is 9.82. The van der Waals surface area contributed by atoms with Crippen molar-refractivity contribution < 1.29 is 14.7 Å². The molecule has 1 amide bonds. The van der Waals surface area contributed by atoms with Gasteiger partial charge in [0.2, 0.25) is 5.91 Å². The van der Waals surface area contributed by atoms with E-state index < -0.39 is 17.4 Å². The molecule has 0 aromatic carbocycles. The van der Waals surface area contributed by atoms with Gasteiger partial charge in [0, 0.05) is 6.54 Å². The molecule has 1 aliphatic rings. The fourth-order valence-corrected chi connectivity index (χ4v) is 1.65. The molecule has 92 valence electrons. The number of hydrogen-bond donors (Lipinski definition) is 3. The first-order chi connectivity index (χ1) is 7.46. The number of carbonyl (C=O) groups excluding carboxylic acids is 1. The second-order valence-corrected chi connectivity index (χ2v) is 4.66. The van der Waals surface area contributed by atoms with Crippen LogP contribution in [0.1, 0.15) is 33.1 Å². The van der Waals surface area contributed by atoms with Crippen molar-refractivity contribution in [2.45, 2.75) is 39.2 Å². The summed E-state index contributed by atoms with van der Waals surface area (Å²) >= 11 is 0. The molecular formula is C11H20N2O3. The number of carboxylic acid groups (broad SMARTS) is 1. The molecule has 2 atom stereocenters. The lowest BCUT2D eigenvalue weighted by Crippen LogP contribution is -2.49. The largest absolute Gasteiger partial charge is 0.480 e. The van der Waals surface area contributed by atoms with Gasteiger partial charge in [-0.1, -0.05) is 20.3 Å². The monoisotopic (exact) mass is 228 g/mol. The van der Waals surface area contributed by atoms with E-state index in [2.05, 4.69) is 5.32 Å². The third-order valence-corrected chi connectivity index (χ3v) is 3.49. The van der Waals surface area contributed by atoms with Crippen LogP contribution in [-0.2, 0) is 9.59 Å². The topological polar surface area (TPSA) is 92.4 Å². The van der Waals surface area contributed by atoms with Crippen LogP contribution in [0.25, 0.3) is 0 Å². The van der Waals surface area contributed by atoms with E-state index >= 15 is 0 Å². The van der Waals surface area contributed by atoms with E-state index in [9.17, 15) is 9.59 Å². The Morgan fingerprint density at radius 3 is 2.38 bits per heavy atom. The van der Waals surface area contributed by atoms with Crippen molar-refractivity contribution in [3.63, 3.8) is 0 Å². The van der Waals surface area contributed by atoms with Crippen LogP contribution in [0.4, 0.5) is 0 Å². The van der Waals surface area contributed by atoms with Gasteiger partial charge < -0.3 is 16.2 Å². The van der Waals surface area contributed by atoms with E-state index in [0.29, 0.717) is 13.0 Å². The van der Waals surface area contributed by atoms with Gasteiger partial charge in [0.15, 0.2) is 0 Å². The van der Waals surface area contributed by atoms with E-state index in [4.69, 9.17) is 10.8 Å². The normalized spacial score (nSPS) is 20.9. The predicted molar refractivity (Wildman–Crippen MR) is 59.7 cm³/mol. The highest BCUT2D eigenvalue weighted by molar-refractivity contribution is 5.89. The minimum atomic E-state index is -0.976. The van der Waals surface area contributed by atoms with Crippen molar-refractivity contribution in [1.82, 2.24) is 5.32 Å². The molecule has 0 spiro atoms. The first-order valence-electron chi connectivity index (χ1n) is 5.70. The SMILES string of the molecule is CCC(C)[C@H](NC(=O)C1(CN)CC1)C(=O)O. The molecule has 4 N–H and O–H groups in total. The lowest BCUT2D eigenvalue weighted by Gasteiger charge is -2.22. The van der Waals surface area contributed by atoms with Crippen LogP contribution in [0.5, 0.6) is 0 Å². The molecule has 0 heterocycles. The summed E-state index contributed by atoms with van der Waals surface area (Å²) in [6, 6.07) is -0.804. The van der Waals surface area contributed by atoms with Gasteiger partial charge in [-0.3, -0.25) is 4.79 Å². The molecule has 1 aliphatic carbocycles. The van der Waals surface area contributed by atoms with Crippen molar-refractivity contribution in [3.05, 3.63) is 0 Å². The van der Waals surface area contributed by atoms with E-state index in [1.165, 1.54) is 0 Å². The maximum Gasteiger partial charge on any atom is 0.326 e. The molecule has 0 radical (unpaired) electrons. The number of nitrogens with two attached hydrogens (primary N) is 1. The minimum Gasteiger partial charge on any atom is -0.480 e. The average molecular weight is 228 g/mol. The first kappa shape index (κ1) is 13.0. The van der Waals surface area contributed by atoms with Crippen LogP contribution in [0.3, 0.4) is 0 Å². The van der Waals surface area contributed by atoms with E-state index in [-0.39, 0.29) is 11.8 Å². The summed E-state index contributed by atoms with van der Waals surface area (Å²) < 4.78 is 0. The Balaban J connectivity index is 2.62. The molecule has 1 unspecified atom stereocenters. The molecule has 1 rings (SSSR count). The van der Waals surface area contributed by atoms with E-state index in [0.717, 1.165) is 12.8 Å². The molecule has 0 aliphatic heterocycles. The number of carbonyl (C=O) groups is 2. The molecule has 1 saturated carbocycles. The fourth-order valence-electron chi connectivity index (χ4n) is 1.65. The number of amides is 1. The van der Waals surface area contributed by atoms with Gasteiger partial charge in [-0.05, 0) is 18.8 Å². The van der Waals surface area contributed by atoms with Gasteiger partial charge in [-0.25, -0.2) is 4.79 Å². The fraction of sp³-hybridized carbons (Fsp3) is 0.818. The van der Waals surface area contributed by atoms with Crippen LogP contribution in [0.2, 0.25) is 0 Å². The summed E-state index contributed by atoms with van der Waals surface area (Å²) in [5, 5.41) is 11.6. The van der Waals surface area contributed by atoms with Gasteiger partial charge in [-0.15, -0.1) is 0 Å². The summed E-state index contributed by atoms with van der Waals surface area (Å²) in [6.45, 7) is 4.02. The van der Waals surface area contributed by atoms with Crippen molar-refractivity contribution >= 4 is 11.9 Å². The highest BCUT2D eigenvalue weighted by Gasteiger charge is 2.49. The number of aliphatic carboxylic acids is 1. The lowest BCUT2D eigenvalue weighted by atomic mass is 9.97. The third kappa shape index (κ3) is 2.52. The van der Waals surface area contributed by atoms with E-state index in [1.54, 1.807) is 0 Å². The second-order valence-electron chi connectivity index (χ2n) is 4.66. The Bertz CT molecular complexity index is 287. The number of rotatable bonds is 6. The highest BCUT2D eigenvalue weighted by atomic mass is 16.4. The van der Waals surface area contributed by atoms with Gasteiger partial charge in [-0.2, -0.15) is 0 Å². The van der Waals surface area contributed by atoms with Crippen LogP contribution in [-0.4, -0.2) is 29.6 Å². The number of nitrogens with one attached hydrogen (secondary N) is 1. The van der Waals surface area contributed by atoms with E-state index in [1.807, 2.05) is 13.8 Å². The van der Waals surface area contributed by atoms with Gasteiger partial charge in [0.25, 0.3) is 0 Å².